The first-order valence-corrected chi connectivity index (χ1v) is 7.73. The van der Waals surface area contributed by atoms with Crippen LogP contribution in [0.25, 0.3) is 0 Å². The molecular weight excluding hydrogens is 250 g/mol. The molecule has 1 aromatic carbocycles. The van der Waals surface area contributed by atoms with Crippen LogP contribution in [0.5, 0.6) is 0 Å². The van der Waals surface area contributed by atoms with Gasteiger partial charge in [-0.1, -0.05) is 43.9 Å². The minimum atomic E-state index is -0.843. The van der Waals surface area contributed by atoms with Gasteiger partial charge in [0.2, 0.25) is 0 Å². The first kappa shape index (κ1) is 15.0. The van der Waals surface area contributed by atoms with E-state index in [2.05, 4.69) is 12.2 Å². The van der Waals surface area contributed by atoms with Gasteiger partial charge in [-0.2, -0.15) is 0 Å². The van der Waals surface area contributed by atoms with Gasteiger partial charge in [0.25, 0.3) is 0 Å². The molecule has 2 N–H and O–H groups in total. The first-order chi connectivity index (χ1) is 9.68. The number of nitrogens with one attached hydrogen (secondary N) is 1. The Hall–Kier alpha value is -1.35. The number of carboxylic acids is 1. The largest absolute Gasteiger partial charge is 0.478 e. The molecule has 1 aliphatic carbocycles. The summed E-state index contributed by atoms with van der Waals surface area (Å²) < 4.78 is 0. The van der Waals surface area contributed by atoms with Gasteiger partial charge in [-0.05, 0) is 37.3 Å². The molecule has 3 nitrogen and oxygen atoms in total. The molecule has 1 aromatic rings. The minimum absolute atomic E-state index is 0.410. The predicted octanol–water partition coefficient (Wildman–Crippen LogP) is 3.83. The maximum atomic E-state index is 11.2. The van der Waals surface area contributed by atoms with Crippen molar-refractivity contribution in [3.05, 3.63) is 35.4 Å². The van der Waals surface area contributed by atoms with Crippen molar-refractivity contribution in [2.75, 3.05) is 0 Å². The Balaban J connectivity index is 1.92. The third-order valence-electron chi connectivity index (χ3n) is 4.47. The smallest absolute Gasteiger partial charge is 0.336 e. The lowest BCUT2D eigenvalue weighted by molar-refractivity contribution is 0.0695. The normalized spacial score (nSPS) is 18.4. The van der Waals surface area contributed by atoms with Crippen LogP contribution in [0.15, 0.2) is 24.3 Å². The molecule has 0 radical (unpaired) electrons. The van der Waals surface area contributed by atoms with Crippen LogP contribution in [0.2, 0.25) is 0 Å². The van der Waals surface area contributed by atoms with Crippen molar-refractivity contribution in [3.8, 4) is 0 Å². The summed E-state index contributed by atoms with van der Waals surface area (Å²) >= 11 is 0. The van der Waals surface area contributed by atoms with Crippen molar-refractivity contribution < 1.29 is 9.90 Å². The number of hydrogen-bond acceptors (Lipinski definition) is 2. The van der Waals surface area contributed by atoms with Gasteiger partial charge in [-0.25, -0.2) is 4.79 Å². The van der Waals surface area contributed by atoms with E-state index in [-0.39, 0.29) is 0 Å². The molecule has 0 aromatic heterocycles. The maximum absolute atomic E-state index is 11.2. The highest BCUT2D eigenvalue weighted by Crippen LogP contribution is 2.25. The van der Waals surface area contributed by atoms with E-state index in [1.165, 1.54) is 38.5 Å². The fraction of sp³-hybridized carbons (Fsp3) is 0.588. The fourth-order valence-corrected chi connectivity index (χ4v) is 3.13. The van der Waals surface area contributed by atoms with E-state index in [1.807, 2.05) is 12.1 Å². The topological polar surface area (TPSA) is 49.3 Å². The standard InChI is InChI=1S/C17H25NO2/c1-13(14-8-4-2-3-5-9-14)18-12-15-10-6-7-11-16(15)17(19)20/h6-7,10-11,13-14,18H,2-5,8-9,12H2,1H3,(H,19,20)/t13-/m1/s1. The molecular formula is C17H25NO2. The van der Waals surface area contributed by atoms with Crippen LogP contribution < -0.4 is 5.32 Å². The van der Waals surface area contributed by atoms with Crippen LogP contribution in [0.4, 0.5) is 0 Å². The Morgan fingerprint density at radius 2 is 1.90 bits per heavy atom. The van der Waals surface area contributed by atoms with Crippen LogP contribution in [0.3, 0.4) is 0 Å². The zero-order valence-electron chi connectivity index (χ0n) is 12.3. The van der Waals surface area contributed by atoms with Gasteiger partial charge in [-0.15, -0.1) is 0 Å². The second-order valence-corrected chi connectivity index (χ2v) is 5.88. The summed E-state index contributed by atoms with van der Waals surface area (Å²) in [5.74, 6) is -0.112. The highest BCUT2D eigenvalue weighted by Gasteiger charge is 2.19. The molecule has 3 heteroatoms. The molecule has 0 heterocycles. The highest BCUT2D eigenvalue weighted by molar-refractivity contribution is 5.89. The number of carbonyl (C=O) groups is 1. The van der Waals surface area contributed by atoms with E-state index in [0.29, 0.717) is 18.2 Å². The molecule has 110 valence electrons. The van der Waals surface area contributed by atoms with E-state index in [1.54, 1.807) is 12.1 Å². The Kier molecular flexibility index (Phi) is 5.60. The van der Waals surface area contributed by atoms with Crippen molar-refractivity contribution >= 4 is 5.97 Å². The summed E-state index contributed by atoms with van der Waals surface area (Å²) in [6, 6.07) is 7.71. The molecule has 1 aliphatic rings. The van der Waals surface area contributed by atoms with E-state index >= 15 is 0 Å². The van der Waals surface area contributed by atoms with Crippen molar-refractivity contribution in [1.82, 2.24) is 5.32 Å². The van der Waals surface area contributed by atoms with E-state index < -0.39 is 5.97 Å². The Morgan fingerprint density at radius 1 is 1.25 bits per heavy atom. The SMILES string of the molecule is C[C@@H](NCc1ccccc1C(=O)O)C1CCCCCC1. The highest BCUT2D eigenvalue weighted by atomic mass is 16.4. The van der Waals surface area contributed by atoms with Crippen molar-refractivity contribution in [1.29, 1.82) is 0 Å². The number of aromatic carboxylic acids is 1. The molecule has 0 spiro atoms. The average Bonchev–Trinajstić information content (AvgIpc) is 2.74. The van der Waals surface area contributed by atoms with Crippen LogP contribution in [0.1, 0.15) is 61.4 Å². The first-order valence-electron chi connectivity index (χ1n) is 7.73. The van der Waals surface area contributed by atoms with E-state index in [4.69, 9.17) is 0 Å². The van der Waals surface area contributed by atoms with Gasteiger partial charge in [0.1, 0.15) is 0 Å². The van der Waals surface area contributed by atoms with E-state index in [9.17, 15) is 9.90 Å². The van der Waals surface area contributed by atoms with Gasteiger partial charge < -0.3 is 10.4 Å². The van der Waals surface area contributed by atoms with Crippen LogP contribution in [0, 0.1) is 5.92 Å². The number of benzene rings is 1. The number of hydrogen-bond donors (Lipinski definition) is 2. The van der Waals surface area contributed by atoms with Gasteiger partial charge in [-0.3, -0.25) is 0 Å². The Bertz CT molecular complexity index is 436. The molecule has 0 aliphatic heterocycles. The summed E-state index contributed by atoms with van der Waals surface area (Å²) in [7, 11) is 0. The lowest BCUT2D eigenvalue weighted by Gasteiger charge is -2.24. The van der Waals surface area contributed by atoms with Crippen molar-refractivity contribution in [3.63, 3.8) is 0 Å². The summed E-state index contributed by atoms with van der Waals surface area (Å²) in [6.45, 7) is 2.87. The monoisotopic (exact) mass is 275 g/mol. The third kappa shape index (κ3) is 4.07. The van der Waals surface area contributed by atoms with Crippen LogP contribution in [-0.2, 0) is 6.54 Å². The molecule has 0 amide bonds. The van der Waals surface area contributed by atoms with Gasteiger partial charge >= 0.3 is 5.97 Å². The maximum Gasteiger partial charge on any atom is 0.336 e. The average molecular weight is 275 g/mol. The van der Waals surface area contributed by atoms with Gasteiger partial charge in [0.05, 0.1) is 5.56 Å². The molecule has 20 heavy (non-hydrogen) atoms. The lowest BCUT2D eigenvalue weighted by Crippen LogP contribution is -2.33. The molecule has 0 bridgehead atoms. The van der Waals surface area contributed by atoms with E-state index in [0.717, 1.165) is 11.5 Å². The molecule has 0 saturated heterocycles. The summed E-state index contributed by atoms with van der Waals surface area (Å²) in [5, 5.41) is 12.7. The minimum Gasteiger partial charge on any atom is -0.478 e. The molecule has 1 saturated carbocycles. The number of rotatable bonds is 5. The zero-order chi connectivity index (χ0) is 14.4. The Morgan fingerprint density at radius 3 is 2.55 bits per heavy atom. The number of carboxylic acid groups (broad SMARTS) is 1. The second-order valence-electron chi connectivity index (χ2n) is 5.88. The fourth-order valence-electron chi connectivity index (χ4n) is 3.13. The lowest BCUT2D eigenvalue weighted by atomic mass is 9.93. The summed E-state index contributed by atoms with van der Waals surface area (Å²) in [6.07, 6.45) is 8.00. The van der Waals surface area contributed by atoms with Crippen molar-refractivity contribution in [2.24, 2.45) is 5.92 Å². The molecule has 0 unspecified atom stereocenters. The Labute approximate surface area is 121 Å². The molecule has 1 atom stereocenters. The third-order valence-corrected chi connectivity index (χ3v) is 4.47. The second kappa shape index (κ2) is 7.44. The zero-order valence-corrected chi connectivity index (χ0v) is 12.3. The van der Waals surface area contributed by atoms with Crippen molar-refractivity contribution in [2.45, 2.75) is 58.0 Å². The van der Waals surface area contributed by atoms with Crippen LogP contribution in [-0.4, -0.2) is 17.1 Å². The predicted molar refractivity (Wildman–Crippen MR) is 80.9 cm³/mol. The molecule has 1 fully saturated rings. The molecule has 2 rings (SSSR count). The summed E-state index contributed by atoms with van der Waals surface area (Å²) in [4.78, 5) is 11.2. The van der Waals surface area contributed by atoms with Crippen LogP contribution >= 0.6 is 0 Å². The summed E-state index contributed by atoms with van der Waals surface area (Å²) in [5.41, 5.74) is 1.29. The van der Waals surface area contributed by atoms with Gasteiger partial charge in [0, 0.05) is 12.6 Å². The quantitative estimate of drug-likeness (QED) is 0.803. The van der Waals surface area contributed by atoms with Gasteiger partial charge in [0.15, 0.2) is 0 Å².